The zero-order valence-corrected chi connectivity index (χ0v) is 11.3. The molecule has 1 aliphatic carbocycles. The molecule has 0 bridgehead atoms. The molecule has 1 aromatic heterocycles. The molecule has 9 heteroatoms. The lowest BCUT2D eigenvalue weighted by molar-refractivity contribution is -0.143. The summed E-state index contributed by atoms with van der Waals surface area (Å²) in [6.45, 7) is -0.248. The Morgan fingerprint density at radius 2 is 2.10 bits per heavy atom. The maximum Gasteiger partial charge on any atom is 0.408 e. The van der Waals surface area contributed by atoms with Crippen LogP contribution in [0.25, 0.3) is 0 Å². The molecule has 1 aliphatic rings. The van der Waals surface area contributed by atoms with Crippen LogP contribution in [0.15, 0.2) is 11.0 Å². The van der Waals surface area contributed by atoms with Crippen LogP contribution in [0.2, 0.25) is 5.02 Å². The zero-order chi connectivity index (χ0) is 14.8. The van der Waals surface area contributed by atoms with Crippen molar-refractivity contribution in [3.05, 3.63) is 21.6 Å². The Bertz CT molecular complexity index is 527. The molecule has 1 fully saturated rings. The van der Waals surface area contributed by atoms with Gasteiger partial charge in [0.1, 0.15) is 11.6 Å². The average molecular weight is 311 g/mol. The lowest BCUT2D eigenvalue weighted by Gasteiger charge is -2.11. The van der Waals surface area contributed by atoms with E-state index in [2.05, 4.69) is 15.7 Å². The molecule has 0 atom stereocenters. The summed E-state index contributed by atoms with van der Waals surface area (Å²) >= 11 is 5.76. The van der Waals surface area contributed by atoms with E-state index in [1.54, 1.807) is 0 Å². The standard InChI is InChI=1S/C11H14ClF3N4O/c12-9-8(17-4-3-16-7-1-2-7)5-18-19(10(9)20)6-11(13,14)15/h5,7,16-17H,1-4,6H2. The summed E-state index contributed by atoms with van der Waals surface area (Å²) < 4.78 is 37.0. The van der Waals surface area contributed by atoms with E-state index in [9.17, 15) is 18.0 Å². The quantitative estimate of drug-likeness (QED) is 0.784. The maximum atomic E-state index is 12.2. The third kappa shape index (κ3) is 4.38. The number of hydrogen-bond acceptors (Lipinski definition) is 4. The Morgan fingerprint density at radius 1 is 1.40 bits per heavy atom. The van der Waals surface area contributed by atoms with Gasteiger partial charge < -0.3 is 10.6 Å². The predicted molar refractivity (Wildman–Crippen MR) is 69.1 cm³/mol. The van der Waals surface area contributed by atoms with Crippen LogP contribution in [0.3, 0.4) is 0 Å². The SMILES string of the molecule is O=c1c(Cl)c(NCCNC2CC2)cnn1CC(F)(F)F. The van der Waals surface area contributed by atoms with Gasteiger partial charge in [0.2, 0.25) is 0 Å². The largest absolute Gasteiger partial charge is 0.408 e. The minimum atomic E-state index is -4.51. The Labute approximate surface area is 118 Å². The second-order valence-corrected chi connectivity index (χ2v) is 4.98. The first-order chi connectivity index (χ1) is 9.37. The van der Waals surface area contributed by atoms with Crippen LogP contribution < -0.4 is 16.2 Å². The number of alkyl halides is 3. The Kier molecular flexibility index (Phi) is 4.54. The van der Waals surface area contributed by atoms with E-state index in [0.29, 0.717) is 23.8 Å². The minimum absolute atomic E-state index is 0.243. The molecule has 1 saturated carbocycles. The summed E-state index contributed by atoms with van der Waals surface area (Å²) in [4.78, 5) is 11.6. The van der Waals surface area contributed by atoms with Crippen LogP contribution in [0.4, 0.5) is 18.9 Å². The van der Waals surface area contributed by atoms with Gasteiger partial charge in [-0.2, -0.15) is 18.3 Å². The Hall–Kier alpha value is -1.28. The normalized spacial score (nSPS) is 15.4. The van der Waals surface area contributed by atoms with Gasteiger partial charge in [-0.3, -0.25) is 4.79 Å². The van der Waals surface area contributed by atoms with Gasteiger partial charge in [-0.05, 0) is 12.8 Å². The summed E-state index contributed by atoms with van der Waals surface area (Å²) in [5.41, 5.74) is -0.711. The van der Waals surface area contributed by atoms with Gasteiger partial charge >= 0.3 is 6.18 Å². The molecule has 0 aliphatic heterocycles. The predicted octanol–water partition coefficient (Wildman–Crippen LogP) is 1.62. The minimum Gasteiger partial charge on any atom is -0.381 e. The second kappa shape index (κ2) is 6.01. The van der Waals surface area contributed by atoms with Gasteiger partial charge in [0.15, 0.2) is 0 Å². The molecule has 0 saturated heterocycles. The molecule has 0 radical (unpaired) electrons. The summed E-state index contributed by atoms with van der Waals surface area (Å²) in [6, 6.07) is 0.560. The van der Waals surface area contributed by atoms with Crippen molar-refractivity contribution in [2.24, 2.45) is 0 Å². The fraction of sp³-hybridized carbons (Fsp3) is 0.636. The number of nitrogens with one attached hydrogen (secondary N) is 2. The smallest absolute Gasteiger partial charge is 0.381 e. The topological polar surface area (TPSA) is 59.0 Å². The summed E-state index contributed by atoms with van der Waals surface area (Å²) in [6.07, 6.45) is -1.05. The van der Waals surface area contributed by atoms with Gasteiger partial charge in [-0.1, -0.05) is 11.6 Å². The molecule has 1 heterocycles. The summed E-state index contributed by atoms with van der Waals surface area (Å²) in [5.74, 6) is 0. The number of nitrogens with zero attached hydrogens (tertiary/aromatic N) is 2. The van der Waals surface area contributed by atoms with Crippen molar-refractivity contribution in [2.45, 2.75) is 31.6 Å². The van der Waals surface area contributed by atoms with Gasteiger partial charge in [-0.25, -0.2) is 4.68 Å². The van der Waals surface area contributed by atoms with E-state index < -0.39 is 18.3 Å². The maximum absolute atomic E-state index is 12.2. The number of halogens is 4. The highest BCUT2D eigenvalue weighted by atomic mass is 35.5. The van der Waals surface area contributed by atoms with Gasteiger partial charge in [-0.15, -0.1) is 0 Å². The monoisotopic (exact) mass is 310 g/mol. The van der Waals surface area contributed by atoms with Gasteiger partial charge in [0.05, 0.1) is 11.9 Å². The van der Waals surface area contributed by atoms with E-state index in [0.717, 1.165) is 19.0 Å². The number of aromatic nitrogens is 2. The molecule has 112 valence electrons. The molecule has 5 nitrogen and oxygen atoms in total. The number of anilines is 1. The highest BCUT2D eigenvalue weighted by Gasteiger charge is 2.29. The third-order valence-corrected chi connectivity index (χ3v) is 3.13. The van der Waals surface area contributed by atoms with Crippen LogP contribution in [0.5, 0.6) is 0 Å². The average Bonchev–Trinajstić information content (AvgIpc) is 3.15. The van der Waals surface area contributed by atoms with Crippen molar-refractivity contribution in [2.75, 3.05) is 18.4 Å². The van der Waals surface area contributed by atoms with Crippen LogP contribution >= 0.6 is 11.6 Å². The first kappa shape index (κ1) is 15.1. The lowest BCUT2D eigenvalue weighted by Crippen LogP contribution is -2.31. The zero-order valence-electron chi connectivity index (χ0n) is 10.5. The molecule has 2 rings (SSSR count). The first-order valence-corrected chi connectivity index (χ1v) is 6.54. The molecule has 0 spiro atoms. The molecule has 2 N–H and O–H groups in total. The van der Waals surface area contributed by atoms with Crippen molar-refractivity contribution in [3.8, 4) is 0 Å². The van der Waals surface area contributed by atoms with Crippen molar-refractivity contribution in [3.63, 3.8) is 0 Å². The molecule has 1 aromatic rings. The van der Waals surface area contributed by atoms with Crippen molar-refractivity contribution >= 4 is 17.3 Å². The first-order valence-electron chi connectivity index (χ1n) is 6.16. The van der Waals surface area contributed by atoms with E-state index in [1.807, 2.05) is 0 Å². The van der Waals surface area contributed by atoms with Crippen LogP contribution in [0, 0.1) is 0 Å². The summed E-state index contributed by atoms with van der Waals surface area (Å²) in [5, 5.41) is 9.31. The lowest BCUT2D eigenvalue weighted by atomic mass is 10.4. The number of hydrogen-bond donors (Lipinski definition) is 2. The van der Waals surface area contributed by atoms with Gasteiger partial charge in [0.25, 0.3) is 5.56 Å². The molecular weight excluding hydrogens is 297 g/mol. The third-order valence-electron chi connectivity index (χ3n) is 2.76. The summed E-state index contributed by atoms with van der Waals surface area (Å²) in [7, 11) is 0. The Balaban J connectivity index is 1.96. The van der Waals surface area contributed by atoms with Crippen molar-refractivity contribution in [1.29, 1.82) is 0 Å². The molecule has 0 aromatic carbocycles. The highest BCUT2D eigenvalue weighted by molar-refractivity contribution is 6.32. The van der Waals surface area contributed by atoms with Crippen LogP contribution in [-0.2, 0) is 6.54 Å². The second-order valence-electron chi connectivity index (χ2n) is 4.61. The highest BCUT2D eigenvalue weighted by Crippen LogP contribution is 2.19. The van der Waals surface area contributed by atoms with E-state index in [4.69, 9.17) is 11.6 Å². The van der Waals surface area contributed by atoms with E-state index in [1.165, 1.54) is 0 Å². The van der Waals surface area contributed by atoms with Crippen molar-refractivity contribution < 1.29 is 13.2 Å². The van der Waals surface area contributed by atoms with Crippen molar-refractivity contribution in [1.82, 2.24) is 15.1 Å². The molecule has 0 unspecified atom stereocenters. The number of rotatable bonds is 6. The van der Waals surface area contributed by atoms with Crippen LogP contribution in [0.1, 0.15) is 12.8 Å². The van der Waals surface area contributed by atoms with E-state index >= 15 is 0 Å². The Morgan fingerprint density at radius 3 is 2.70 bits per heavy atom. The molecule has 20 heavy (non-hydrogen) atoms. The molecule has 0 amide bonds. The van der Waals surface area contributed by atoms with Crippen LogP contribution in [-0.4, -0.2) is 35.1 Å². The van der Waals surface area contributed by atoms with E-state index in [-0.39, 0.29) is 10.7 Å². The van der Waals surface area contributed by atoms with Gasteiger partial charge in [0, 0.05) is 19.1 Å². The molecular formula is C11H14ClF3N4O. The fourth-order valence-electron chi connectivity index (χ4n) is 1.63. The fourth-order valence-corrected chi connectivity index (χ4v) is 1.84.